The van der Waals surface area contributed by atoms with Crippen molar-refractivity contribution < 1.29 is 29.0 Å². The molecule has 1 amide bonds. The average Bonchev–Trinajstić information content (AvgIpc) is 2.98. The number of hydrogen-bond donors (Lipinski definition) is 1. The zero-order chi connectivity index (χ0) is 21.9. The van der Waals surface area contributed by atoms with Crippen LogP contribution in [0.2, 0.25) is 0 Å². The van der Waals surface area contributed by atoms with E-state index in [9.17, 15) is 19.5 Å². The number of rotatable bonds is 6. The lowest BCUT2D eigenvalue weighted by Crippen LogP contribution is -2.47. The van der Waals surface area contributed by atoms with Crippen molar-refractivity contribution in [2.45, 2.75) is 44.8 Å². The largest absolute Gasteiger partial charge is 0.550 e. The van der Waals surface area contributed by atoms with E-state index < -0.39 is 36.1 Å². The Kier molecular flexibility index (Phi) is 6.10. The van der Waals surface area contributed by atoms with Gasteiger partial charge in [-0.25, -0.2) is 9.59 Å². The van der Waals surface area contributed by atoms with Gasteiger partial charge in [-0.15, -0.1) is 0 Å². The van der Waals surface area contributed by atoms with Crippen molar-refractivity contribution in [3.05, 3.63) is 59.7 Å². The van der Waals surface area contributed by atoms with Gasteiger partial charge in [-0.2, -0.15) is 0 Å². The van der Waals surface area contributed by atoms with Gasteiger partial charge in [-0.3, -0.25) is 0 Å². The number of nitrogens with one attached hydrogen (secondary N) is 1. The molecule has 2 aromatic rings. The van der Waals surface area contributed by atoms with Gasteiger partial charge in [-0.05, 0) is 43.0 Å². The average molecular weight is 410 g/mol. The van der Waals surface area contributed by atoms with E-state index in [1.54, 1.807) is 20.8 Å². The first-order valence-electron chi connectivity index (χ1n) is 9.70. The van der Waals surface area contributed by atoms with Crippen LogP contribution in [0, 0.1) is 0 Å². The van der Waals surface area contributed by atoms with E-state index >= 15 is 0 Å². The Labute approximate surface area is 175 Å². The number of carboxylic acids is 1. The van der Waals surface area contributed by atoms with Crippen LogP contribution in [-0.4, -0.2) is 36.3 Å². The molecule has 1 N–H and O–H groups in total. The van der Waals surface area contributed by atoms with Crippen molar-refractivity contribution >= 4 is 18.0 Å². The predicted octanol–water partition coefficient (Wildman–Crippen LogP) is 2.38. The molecular formula is C23H24NO6-. The van der Waals surface area contributed by atoms with Crippen LogP contribution < -0.4 is 10.4 Å². The van der Waals surface area contributed by atoms with Gasteiger partial charge in [0.1, 0.15) is 18.2 Å². The molecule has 0 aromatic heterocycles. The number of carboxylic acid groups (broad SMARTS) is 1. The van der Waals surface area contributed by atoms with Gasteiger partial charge in [0.2, 0.25) is 0 Å². The standard InChI is InChI=1S/C23H25NO6/c1-23(2,3)30-21(27)19(12-20(25)26)24-22(28)29-13-18-16-10-6-4-8-14(16)15-9-5-7-11-17(15)18/h4-11,18-19H,12-13H2,1-3H3,(H,24,28)(H,25,26)/p-1/t19-/m0/s1. The second-order valence-electron chi connectivity index (χ2n) is 8.13. The highest BCUT2D eigenvalue weighted by atomic mass is 16.6. The lowest BCUT2D eigenvalue weighted by Gasteiger charge is -2.25. The third-order valence-corrected chi connectivity index (χ3v) is 4.70. The van der Waals surface area contributed by atoms with Crippen LogP contribution in [0.15, 0.2) is 48.5 Å². The molecule has 0 fully saturated rings. The highest BCUT2D eigenvalue weighted by molar-refractivity contribution is 5.85. The molecule has 7 heteroatoms. The zero-order valence-electron chi connectivity index (χ0n) is 17.1. The molecule has 0 radical (unpaired) electrons. The summed E-state index contributed by atoms with van der Waals surface area (Å²) in [5.41, 5.74) is 3.44. The summed E-state index contributed by atoms with van der Waals surface area (Å²) < 4.78 is 10.5. The summed E-state index contributed by atoms with van der Waals surface area (Å²) in [7, 11) is 0. The van der Waals surface area contributed by atoms with Crippen LogP contribution in [0.5, 0.6) is 0 Å². The summed E-state index contributed by atoms with van der Waals surface area (Å²) in [5.74, 6) is -2.49. The fourth-order valence-corrected chi connectivity index (χ4v) is 3.52. The summed E-state index contributed by atoms with van der Waals surface area (Å²) in [6.45, 7) is 4.99. The molecule has 0 bridgehead atoms. The number of carbonyl (C=O) groups excluding carboxylic acids is 3. The Morgan fingerprint density at radius 1 is 1.00 bits per heavy atom. The number of fused-ring (bicyclic) bond motifs is 3. The fraction of sp³-hybridized carbons (Fsp3) is 0.348. The van der Waals surface area contributed by atoms with Crippen LogP contribution in [0.3, 0.4) is 0 Å². The van der Waals surface area contributed by atoms with Gasteiger partial charge in [0.25, 0.3) is 0 Å². The summed E-state index contributed by atoms with van der Waals surface area (Å²) >= 11 is 0. The minimum atomic E-state index is -1.48. The van der Waals surface area contributed by atoms with Gasteiger partial charge in [0.05, 0.1) is 0 Å². The smallest absolute Gasteiger partial charge is 0.407 e. The number of carbonyl (C=O) groups is 3. The molecule has 30 heavy (non-hydrogen) atoms. The Hall–Kier alpha value is -3.35. The first-order valence-corrected chi connectivity index (χ1v) is 9.70. The van der Waals surface area contributed by atoms with Crippen LogP contribution in [-0.2, 0) is 19.1 Å². The van der Waals surface area contributed by atoms with Gasteiger partial charge < -0.3 is 24.7 Å². The normalized spacial score (nSPS) is 13.7. The first kappa shape index (κ1) is 21.4. The maximum Gasteiger partial charge on any atom is 0.407 e. The van der Waals surface area contributed by atoms with Crippen molar-refractivity contribution in [1.29, 1.82) is 0 Å². The first-order chi connectivity index (χ1) is 14.2. The Balaban J connectivity index is 1.68. The highest BCUT2D eigenvalue weighted by Crippen LogP contribution is 2.44. The Bertz CT molecular complexity index is 917. The molecule has 0 aliphatic heterocycles. The molecule has 0 unspecified atom stereocenters. The lowest BCUT2D eigenvalue weighted by molar-refractivity contribution is -0.306. The SMILES string of the molecule is CC(C)(C)OC(=O)[C@H](CC(=O)[O-])NC(=O)OCC1c2ccccc2-c2ccccc21. The minimum absolute atomic E-state index is 0.0478. The number of alkyl carbamates (subject to hydrolysis) is 1. The molecule has 0 saturated heterocycles. The molecule has 1 aliphatic carbocycles. The zero-order valence-corrected chi connectivity index (χ0v) is 17.1. The fourth-order valence-electron chi connectivity index (χ4n) is 3.52. The molecule has 2 aromatic carbocycles. The number of aliphatic carboxylic acids is 1. The van der Waals surface area contributed by atoms with Crippen LogP contribution in [0.4, 0.5) is 4.79 Å². The number of ether oxygens (including phenoxy) is 2. The molecule has 3 rings (SSSR count). The van der Waals surface area contributed by atoms with Gasteiger partial charge in [0, 0.05) is 18.3 Å². The van der Waals surface area contributed by atoms with Crippen LogP contribution in [0.1, 0.15) is 44.2 Å². The molecule has 0 heterocycles. The summed E-state index contributed by atoms with van der Waals surface area (Å²) in [6, 6.07) is 14.4. The molecule has 158 valence electrons. The maximum absolute atomic E-state index is 12.3. The van der Waals surface area contributed by atoms with E-state index in [1.165, 1.54) is 0 Å². The van der Waals surface area contributed by atoms with E-state index in [4.69, 9.17) is 9.47 Å². The van der Waals surface area contributed by atoms with E-state index in [-0.39, 0.29) is 12.5 Å². The topological polar surface area (TPSA) is 105 Å². The molecule has 1 aliphatic rings. The van der Waals surface area contributed by atoms with E-state index in [0.29, 0.717) is 0 Å². The second kappa shape index (κ2) is 8.57. The van der Waals surface area contributed by atoms with E-state index in [1.807, 2.05) is 48.5 Å². The number of amides is 1. The molecular weight excluding hydrogens is 386 g/mol. The van der Waals surface area contributed by atoms with Gasteiger partial charge in [0.15, 0.2) is 0 Å². The third kappa shape index (κ3) is 4.97. The Morgan fingerprint density at radius 2 is 1.53 bits per heavy atom. The van der Waals surface area contributed by atoms with Gasteiger partial charge >= 0.3 is 12.1 Å². The second-order valence-corrected chi connectivity index (χ2v) is 8.13. The molecule has 1 atom stereocenters. The lowest BCUT2D eigenvalue weighted by atomic mass is 9.98. The van der Waals surface area contributed by atoms with Crippen molar-refractivity contribution in [2.24, 2.45) is 0 Å². The van der Waals surface area contributed by atoms with E-state index in [0.717, 1.165) is 22.3 Å². The maximum atomic E-state index is 12.3. The number of benzene rings is 2. The van der Waals surface area contributed by atoms with Crippen molar-refractivity contribution in [2.75, 3.05) is 6.61 Å². The minimum Gasteiger partial charge on any atom is -0.550 e. The van der Waals surface area contributed by atoms with Gasteiger partial charge in [-0.1, -0.05) is 48.5 Å². The van der Waals surface area contributed by atoms with Crippen molar-refractivity contribution in [3.8, 4) is 11.1 Å². The summed E-state index contributed by atoms with van der Waals surface area (Å²) in [6.07, 6.45) is -1.60. The quantitative estimate of drug-likeness (QED) is 0.733. The van der Waals surface area contributed by atoms with Crippen LogP contribution >= 0.6 is 0 Å². The molecule has 7 nitrogen and oxygen atoms in total. The number of hydrogen-bond acceptors (Lipinski definition) is 6. The van der Waals surface area contributed by atoms with Crippen molar-refractivity contribution in [3.63, 3.8) is 0 Å². The van der Waals surface area contributed by atoms with Crippen molar-refractivity contribution in [1.82, 2.24) is 5.32 Å². The Morgan fingerprint density at radius 3 is 2.03 bits per heavy atom. The number of esters is 1. The highest BCUT2D eigenvalue weighted by Gasteiger charge is 2.31. The molecule has 0 spiro atoms. The third-order valence-electron chi connectivity index (χ3n) is 4.70. The monoisotopic (exact) mass is 410 g/mol. The molecule has 0 saturated carbocycles. The predicted molar refractivity (Wildman–Crippen MR) is 107 cm³/mol. The van der Waals surface area contributed by atoms with Crippen LogP contribution in [0.25, 0.3) is 11.1 Å². The summed E-state index contributed by atoms with van der Waals surface area (Å²) in [5, 5.41) is 13.3. The van der Waals surface area contributed by atoms with E-state index in [2.05, 4.69) is 5.32 Å². The summed E-state index contributed by atoms with van der Waals surface area (Å²) in [4.78, 5) is 35.6.